The molecule has 0 saturated carbocycles. The molecular weight excluding hydrogens is 96.1 g/mol. The van der Waals surface area contributed by atoms with Gasteiger partial charge in [-0.05, 0) is 6.08 Å². The van der Waals surface area contributed by atoms with Gasteiger partial charge in [0.25, 0.3) is 0 Å². The summed E-state index contributed by atoms with van der Waals surface area (Å²) in [6.07, 6.45) is 6.12. The van der Waals surface area contributed by atoms with E-state index in [0.717, 1.165) is 0 Å². The molecule has 3 heteroatoms. The van der Waals surface area contributed by atoms with Crippen LogP contribution in [0.3, 0.4) is 0 Å². The molecular formula is C3H3N2S. The molecule has 1 aliphatic rings. The molecule has 2 nitrogen and oxygen atoms in total. The van der Waals surface area contributed by atoms with Crippen molar-refractivity contribution in [2.24, 2.45) is 4.40 Å². The third-order valence-electron chi connectivity index (χ3n) is 0.377. The van der Waals surface area contributed by atoms with Crippen molar-refractivity contribution >= 4 is 18.3 Å². The van der Waals surface area contributed by atoms with Gasteiger partial charge in [-0.25, -0.2) is 0 Å². The summed E-state index contributed by atoms with van der Waals surface area (Å²) in [7, 11) is 0. The molecule has 0 aromatic rings. The van der Waals surface area contributed by atoms with Gasteiger partial charge in [0.2, 0.25) is 0 Å². The van der Waals surface area contributed by atoms with Crippen molar-refractivity contribution in [1.29, 1.82) is 0 Å². The predicted octanol–water partition coefficient (Wildman–Crippen LogP) is 0.614. The SMILES string of the molecule is [C]1=NSNC=C1. The first kappa shape index (κ1) is 3.74. The first-order valence-corrected chi connectivity index (χ1v) is 2.29. The molecule has 0 atom stereocenters. The van der Waals surface area contributed by atoms with Gasteiger partial charge in [0.15, 0.2) is 0 Å². The number of allylic oxidation sites excluding steroid dienone is 1. The van der Waals surface area contributed by atoms with Crippen LogP contribution in [0.1, 0.15) is 0 Å². The normalized spacial score (nSPS) is 17.3. The van der Waals surface area contributed by atoms with Crippen LogP contribution in [0.4, 0.5) is 0 Å². The topological polar surface area (TPSA) is 24.4 Å². The van der Waals surface area contributed by atoms with Gasteiger partial charge in [-0.3, -0.25) is 0 Å². The van der Waals surface area contributed by atoms with Crippen molar-refractivity contribution in [3.63, 3.8) is 0 Å². The van der Waals surface area contributed by atoms with Crippen molar-refractivity contribution < 1.29 is 0 Å². The van der Waals surface area contributed by atoms with Crippen molar-refractivity contribution in [2.45, 2.75) is 0 Å². The third kappa shape index (κ3) is 0.755. The number of rotatable bonds is 0. The van der Waals surface area contributed by atoms with E-state index in [4.69, 9.17) is 0 Å². The highest BCUT2D eigenvalue weighted by molar-refractivity contribution is 7.96. The van der Waals surface area contributed by atoms with E-state index in [1.54, 1.807) is 12.3 Å². The van der Waals surface area contributed by atoms with Crippen LogP contribution in [0.2, 0.25) is 0 Å². The van der Waals surface area contributed by atoms with E-state index in [2.05, 4.69) is 15.3 Å². The second kappa shape index (κ2) is 1.87. The molecule has 0 aromatic heterocycles. The standard InChI is InChI=1S/C3H3N2S/c1-2-4-6-5-3-1/h1-2,4H. The predicted molar refractivity (Wildman–Crippen MR) is 27.3 cm³/mol. The molecule has 6 heavy (non-hydrogen) atoms. The third-order valence-corrected chi connectivity index (χ3v) is 0.815. The van der Waals surface area contributed by atoms with Gasteiger partial charge in [-0.2, -0.15) is 4.40 Å². The lowest BCUT2D eigenvalue weighted by atomic mass is 10.7. The largest absolute Gasteiger partial charge is 0.317 e. The molecule has 0 fully saturated rings. The van der Waals surface area contributed by atoms with Gasteiger partial charge in [-0.1, -0.05) is 0 Å². The van der Waals surface area contributed by atoms with Crippen LogP contribution in [0.25, 0.3) is 0 Å². The fourth-order valence-electron chi connectivity index (χ4n) is 0.185. The molecule has 1 heterocycles. The van der Waals surface area contributed by atoms with Crippen LogP contribution in [0, 0.1) is 0 Å². The van der Waals surface area contributed by atoms with Crippen molar-refractivity contribution in [2.75, 3.05) is 0 Å². The fraction of sp³-hybridized carbons (Fsp3) is 0. The van der Waals surface area contributed by atoms with Gasteiger partial charge in [0.05, 0.1) is 12.1 Å². The summed E-state index contributed by atoms with van der Waals surface area (Å²) in [5.41, 5.74) is 0. The monoisotopic (exact) mass is 99.0 g/mol. The molecule has 0 spiro atoms. The average Bonchev–Trinajstić information content (AvgIpc) is 1.72. The summed E-state index contributed by atoms with van der Waals surface area (Å²) >= 11 is 1.27. The van der Waals surface area contributed by atoms with Gasteiger partial charge in [-0.15, -0.1) is 0 Å². The quantitative estimate of drug-likeness (QED) is 0.450. The molecule has 31 valence electrons. The zero-order valence-electron chi connectivity index (χ0n) is 3.01. The average molecular weight is 99.1 g/mol. The summed E-state index contributed by atoms with van der Waals surface area (Å²) in [5.74, 6) is 0. The zero-order chi connectivity index (χ0) is 4.24. The fourth-order valence-corrected chi connectivity index (χ4v) is 0.480. The minimum Gasteiger partial charge on any atom is -0.317 e. The maximum Gasteiger partial charge on any atom is 0.101 e. The van der Waals surface area contributed by atoms with Crippen LogP contribution in [-0.4, -0.2) is 6.21 Å². The van der Waals surface area contributed by atoms with Gasteiger partial charge in [0.1, 0.15) is 6.21 Å². The minimum absolute atomic E-state index is 1.27. The van der Waals surface area contributed by atoms with E-state index >= 15 is 0 Å². The van der Waals surface area contributed by atoms with Crippen LogP contribution in [0.15, 0.2) is 16.7 Å². The Morgan fingerprint density at radius 2 is 2.83 bits per heavy atom. The number of nitrogens with one attached hydrogen (secondary N) is 1. The number of hydrogen-bond donors (Lipinski definition) is 1. The Morgan fingerprint density at radius 3 is 3.00 bits per heavy atom. The van der Waals surface area contributed by atoms with Crippen molar-refractivity contribution in [3.05, 3.63) is 12.3 Å². The molecule has 1 rings (SSSR count). The summed E-state index contributed by atoms with van der Waals surface area (Å²) < 4.78 is 6.44. The summed E-state index contributed by atoms with van der Waals surface area (Å²) in [5, 5.41) is 0. The van der Waals surface area contributed by atoms with Crippen molar-refractivity contribution in [3.8, 4) is 0 Å². The lowest BCUT2D eigenvalue weighted by molar-refractivity contribution is 1.41. The molecule has 0 aliphatic carbocycles. The molecule has 1 N–H and O–H groups in total. The first-order chi connectivity index (χ1) is 3.00. The van der Waals surface area contributed by atoms with Crippen LogP contribution < -0.4 is 4.72 Å². The summed E-state index contributed by atoms with van der Waals surface area (Å²) in [6, 6.07) is 0. The molecule has 0 amide bonds. The van der Waals surface area contributed by atoms with E-state index in [1.807, 2.05) is 0 Å². The van der Waals surface area contributed by atoms with Crippen molar-refractivity contribution in [1.82, 2.24) is 4.72 Å². The van der Waals surface area contributed by atoms with Crippen LogP contribution >= 0.6 is 12.1 Å². The Labute approximate surface area is 40.6 Å². The van der Waals surface area contributed by atoms with Gasteiger partial charge < -0.3 is 4.72 Å². The second-order valence-electron chi connectivity index (χ2n) is 0.763. The molecule has 1 aliphatic heterocycles. The molecule has 0 bridgehead atoms. The molecule has 1 radical (unpaired) electrons. The Kier molecular flexibility index (Phi) is 1.17. The summed E-state index contributed by atoms with van der Waals surface area (Å²) in [4.78, 5) is 0. The molecule has 0 saturated heterocycles. The Balaban J connectivity index is 2.46. The number of hydrogen-bond acceptors (Lipinski definition) is 3. The maximum absolute atomic E-state index is 3.65. The Morgan fingerprint density at radius 1 is 1.83 bits per heavy atom. The molecule has 0 unspecified atom stereocenters. The smallest absolute Gasteiger partial charge is 0.101 e. The highest BCUT2D eigenvalue weighted by Gasteiger charge is 1.77. The first-order valence-electron chi connectivity index (χ1n) is 1.52. The highest BCUT2D eigenvalue weighted by atomic mass is 32.2. The Bertz CT molecular complexity index is 74.8. The maximum atomic E-state index is 3.65. The lowest BCUT2D eigenvalue weighted by Crippen LogP contribution is -1.90. The van der Waals surface area contributed by atoms with Gasteiger partial charge in [0, 0.05) is 6.20 Å². The highest BCUT2D eigenvalue weighted by Crippen LogP contribution is 1.95. The molecule has 0 aromatic carbocycles. The zero-order valence-corrected chi connectivity index (χ0v) is 3.83. The van der Waals surface area contributed by atoms with E-state index in [1.165, 1.54) is 12.1 Å². The van der Waals surface area contributed by atoms with Gasteiger partial charge >= 0.3 is 0 Å². The van der Waals surface area contributed by atoms with E-state index in [0.29, 0.717) is 0 Å². The van der Waals surface area contributed by atoms with Crippen LogP contribution in [-0.2, 0) is 0 Å². The number of nitrogens with zero attached hydrogens (tertiary/aromatic N) is 1. The van der Waals surface area contributed by atoms with Crippen LogP contribution in [0.5, 0.6) is 0 Å². The minimum atomic E-state index is 1.27. The second-order valence-corrected chi connectivity index (χ2v) is 1.36. The summed E-state index contributed by atoms with van der Waals surface area (Å²) in [6.45, 7) is 0. The van der Waals surface area contributed by atoms with E-state index in [-0.39, 0.29) is 0 Å². The Hall–Kier alpha value is -0.440. The lowest BCUT2D eigenvalue weighted by Gasteiger charge is -1.90. The van der Waals surface area contributed by atoms with E-state index < -0.39 is 0 Å². The van der Waals surface area contributed by atoms with E-state index in [9.17, 15) is 0 Å².